The van der Waals surface area contributed by atoms with E-state index in [1.807, 2.05) is 0 Å². The molecule has 2 heteroatoms. The summed E-state index contributed by atoms with van der Waals surface area (Å²) in [5.41, 5.74) is 2.66. The van der Waals surface area contributed by atoms with Crippen molar-refractivity contribution < 1.29 is 9.47 Å². The van der Waals surface area contributed by atoms with Crippen molar-refractivity contribution in [3.63, 3.8) is 0 Å². The zero-order valence-electron chi connectivity index (χ0n) is 7.68. The minimum absolute atomic E-state index is 0.310. The average molecular weight is 156 g/mol. The maximum atomic E-state index is 5.25. The first-order valence-corrected chi connectivity index (χ1v) is 3.93. The molecule has 11 heavy (non-hydrogen) atoms. The number of ether oxygens (including phenoxy) is 2. The molecule has 0 bridgehead atoms. The molecule has 1 rings (SSSR count). The van der Waals surface area contributed by atoms with E-state index < -0.39 is 0 Å². The topological polar surface area (TPSA) is 18.5 Å². The molecule has 1 aliphatic carbocycles. The third-order valence-electron chi connectivity index (χ3n) is 2.27. The van der Waals surface area contributed by atoms with Gasteiger partial charge in [0.1, 0.15) is 0 Å². The van der Waals surface area contributed by atoms with E-state index in [1.165, 1.54) is 11.1 Å². The van der Waals surface area contributed by atoms with E-state index in [-0.39, 0.29) is 0 Å². The maximum absolute atomic E-state index is 5.25. The summed E-state index contributed by atoms with van der Waals surface area (Å²) in [5, 5.41) is 0. The fraction of sp³-hybridized carbons (Fsp3) is 0.778. The monoisotopic (exact) mass is 156 g/mol. The van der Waals surface area contributed by atoms with Crippen LogP contribution in [-0.2, 0) is 9.47 Å². The van der Waals surface area contributed by atoms with Gasteiger partial charge in [0, 0.05) is 20.6 Å². The first kappa shape index (κ1) is 8.75. The predicted molar refractivity (Wildman–Crippen MR) is 44.6 cm³/mol. The molecule has 0 aromatic carbocycles. The lowest BCUT2D eigenvalue weighted by atomic mass is 9.82. The molecule has 2 nitrogen and oxygen atoms in total. The molecule has 0 unspecified atom stereocenters. The van der Waals surface area contributed by atoms with Crippen LogP contribution in [0.15, 0.2) is 11.1 Å². The van der Waals surface area contributed by atoms with Crippen molar-refractivity contribution in [1.82, 2.24) is 0 Å². The second kappa shape index (κ2) is 3.37. The Morgan fingerprint density at radius 3 is 1.91 bits per heavy atom. The first-order chi connectivity index (χ1) is 5.20. The fourth-order valence-corrected chi connectivity index (χ4v) is 1.59. The molecule has 1 fully saturated rings. The van der Waals surface area contributed by atoms with E-state index in [0.29, 0.717) is 12.2 Å². The van der Waals surface area contributed by atoms with E-state index >= 15 is 0 Å². The van der Waals surface area contributed by atoms with Crippen molar-refractivity contribution in [2.24, 2.45) is 0 Å². The smallest absolute Gasteiger partial charge is 0.0836 e. The van der Waals surface area contributed by atoms with E-state index in [4.69, 9.17) is 9.47 Å². The standard InChI is InChI=1S/C9H16O2/c1-6(2)9-7(10-3)5-8(9)11-4/h7-8H,5H2,1-4H3/t7-,8-/m0/s1. The van der Waals surface area contributed by atoms with Gasteiger partial charge in [-0.15, -0.1) is 0 Å². The van der Waals surface area contributed by atoms with Crippen molar-refractivity contribution in [2.45, 2.75) is 32.5 Å². The molecule has 1 saturated carbocycles. The highest BCUT2D eigenvalue weighted by Crippen LogP contribution is 2.34. The van der Waals surface area contributed by atoms with Crippen LogP contribution in [0.3, 0.4) is 0 Å². The Bertz CT molecular complexity index is 156. The molecule has 64 valence electrons. The van der Waals surface area contributed by atoms with E-state index in [2.05, 4.69) is 13.8 Å². The highest BCUT2D eigenvalue weighted by Gasteiger charge is 2.35. The summed E-state index contributed by atoms with van der Waals surface area (Å²) in [6.45, 7) is 4.21. The second-order valence-corrected chi connectivity index (χ2v) is 3.14. The lowest BCUT2D eigenvalue weighted by Gasteiger charge is -2.38. The number of methoxy groups -OCH3 is 2. The van der Waals surface area contributed by atoms with Crippen LogP contribution < -0.4 is 0 Å². The number of hydrogen-bond acceptors (Lipinski definition) is 2. The van der Waals surface area contributed by atoms with Crippen LogP contribution in [0.25, 0.3) is 0 Å². The zero-order valence-corrected chi connectivity index (χ0v) is 7.68. The molecule has 0 spiro atoms. The van der Waals surface area contributed by atoms with E-state index in [0.717, 1.165) is 6.42 Å². The van der Waals surface area contributed by atoms with Gasteiger partial charge >= 0.3 is 0 Å². The maximum Gasteiger partial charge on any atom is 0.0836 e. The number of rotatable bonds is 2. The largest absolute Gasteiger partial charge is 0.377 e. The zero-order chi connectivity index (χ0) is 8.43. The Kier molecular flexibility index (Phi) is 2.68. The Morgan fingerprint density at radius 1 is 1.18 bits per heavy atom. The summed E-state index contributed by atoms with van der Waals surface area (Å²) in [5.74, 6) is 0. The molecule has 0 saturated heterocycles. The van der Waals surface area contributed by atoms with Crippen molar-refractivity contribution in [3.8, 4) is 0 Å². The van der Waals surface area contributed by atoms with Crippen molar-refractivity contribution >= 4 is 0 Å². The lowest BCUT2D eigenvalue weighted by Crippen LogP contribution is -2.40. The van der Waals surface area contributed by atoms with Crippen molar-refractivity contribution in [2.75, 3.05) is 14.2 Å². The average Bonchev–Trinajstić information content (AvgIpc) is 1.86. The molecule has 2 atom stereocenters. The SMILES string of the molecule is CO[C@H]1C[C@H](OC)C1=C(C)C. The van der Waals surface area contributed by atoms with Crippen LogP contribution >= 0.6 is 0 Å². The van der Waals surface area contributed by atoms with Gasteiger partial charge in [-0.25, -0.2) is 0 Å². The highest BCUT2D eigenvalue weighted by molar-refractivity contribution is 5.28. The first-order valence-electron chi connectivity index (χ1n) is 3.93. The Labute approximate surface area is 68.2 Å². The van der Waals surface area contributed by atoms with Crippen molar-refractivity contribution in [3.05, 3.63) is 11.1 Å². The van der Waals surface area contributed by atoms with Gasteiger partial charge in [-0.3, -0.25) is 0 Å². The van der Waals surface area contributed by atoms with E-state index in [9.17, 15) is 0 Å². The highest BCUT2D eigenvalue weighted by atomic mass is 16.5. The van der Waals surface area contributed by atoms with Crippen LogP contribution in [0, 0.1) is 0 Å². The van der Waals surface area contributed by atoms with Gasteiger partial charge in [-0.05, 0) is 19.4 Å². The predicted octanol–water partition coefficient (Wildman–Crippen LogP) is 1.76. The summed E-state index contributed by atoms with van der Waals surface area (Å²) in [7, 11) is 3.50. The van der Waals surface area contributed by atoms with Gasteiger partial charge in [-0.1, -0.05) is 5.57 Å². The van der Waals surface area contributed by atoms with Crippen LogP contribution in [0.4, 0.5) is 0 Å². The van der Waals surface area contributed by atoms with Crippen LogP contribution in [0.5, 0.6) is 0 Å². The van der Waals surface area contributed by atoms with Crippen molar-refractivity contribution in [1.29, 1.82) is 0 Å². The molecule has 0 heterocycles. The molecule has 1 aliphatic rings. The Morgan fingerprint density at radius 2 is 1.64 bits per heavy atom. The van der Waals surface area contributed by atoms with Gasteiger partial charge in [0.2, 0.25) is 0 Å². The molecule has 0 N–H and O–H groups in total. The Hall–Kier alpha value is -0.340. The fourth-order valence-electron chi connectivity index (χ4n) is 1.59. The minimum Gasteiger partial charge on any atom is -0.377 e. The number of hydrogen-bond donors (Lipinski definition) is 0. The van der Waals surface area contributed by atoms with Gasteiger partial charge in [0.25, 0.3) is 0 Å². The van der Waals surface area contributed by atoms with Gasteiger partial charge in [0.05, 0.1) is 12.2 Å². The van der Waals surface area contributed by atoms with E-state index in [1.54, 1.807) is 14.2 Å². The summed E-state index contributed by atoms with van der Waals surface area (Å²) >= 11 is 0. The molecule has 0 aromatic rings. The summed E-state index contributed by atoms with van der Waals surface area (Å²) in [6.07, 6.45) is 1.63. The molecular weight excluding hydrogens is 140 g/mol. The van der Waals surface area contributed by atoms with Gasteiger partial charge in [0.15, 0.2) is 0 Å². The quantitative estimate of drug-likeness (QED) is 0.567. The van der Waals surface area contributed by atoms with Gasteiger partial charge < -0.3 is 9.47 Å². The lowest BCUT2D eigenvalue weighted by molar-refractivity contribution is -0.0139. The summed E-state index contributed by atoms with van der Waals surface area (Å²) in [6, 6.07) is 0. The minimum atomic E-state index is 0.310. The van der Waals surface area contributed by atoms with Gasteiger partial charge in [-0.2, -0.15) is 0 Å². The molecule has 0 aliphatic heterocycles. The third kappa shape index (κ3) is 1.47. The normalized spacial score (nSPS) is 30.0. The van der Waals surface area contributed by atoms with Crippen LogP contribution in [0.1, 0.15) is 20.3 Å². The molecule has 0 amide bonds. The summed E-state index contributed by atoms with van der Waals surface area (Å²) in [4.78, 5) is 0. The summed E-state index contributed by atoms with van der Waals surface area (Å²) < 4.78 is 10.5. The molecular formula is C9H16O2. The van der Waals surface area contributed by atoms with Crippen LogP contribution in [0.2, 0.25) is 0 Å². The Balaban J connectivity index is 2.64. The molecule has 0 aromatic heterocycles. The second-order valence-electron chi connectivity index (χ2n) is 3.14. The van der Waals surface area contributed by atoms with Crippen LogP contribution in [-0.4, -0.2) is 26.4 Å². The molecule has 0 radical (unpaired) electrons. The number of allylic oxidation sites excluding steroid dienone is 1. The third-order valence-corrected chi connectivity index (χ3v) is 2.27.